The van der Waals surface area contributed by atoms with Crippen LogP contribution < -0.4 is 10.5 Å². The molecule has 2 rings (SSSR count). The van der Waals surface area contributed by atoms with Crippen molar-refractivity contribution in [3.63, 3.8) is 0 Å². The fourth-order valence-corrected chi connectivity index (χ4v) is 1.77. The number of aryl methyl sites for hydroxylation is 2. The minimum atomic E-state index is -0.421. The molecule has 0 unspecified atom stereocenters. The van der Waals surface area contributed by atoms with E-state index in [0.29, 0.717) is 22.7 Å². The Balaban J connectivity index is 2.32. The highest BCUT2D eigenvalue weighted by Crippen LogP contribution is 2.29. The summed E-state index contributed by atoms with van der Waals surface area (Å²) < 4.78 is 10.4. The van der Waals surface area contributed by atoms with Crippen molar-refractivity contribution >= 4 is 11.7 Å². The maximum absolute atomic E-state index is 11.5. The van der Waals surface area contributed by atoms with Crippen LogP contribution in [-0.2, 0) is 4.74 Å². The predicted octanol–water partition coefficient (Wildman–Crippen LogP) is 3.46. The standard InChI is InChI=1S/C16H17NO3/c1-10-4-6-13(8-11(10)2)20-15-9-12(16(18)19-3)5-7-14(15)17/h4-9H,17H2,1-3H3. The Morgan fingerprint density at radius 2 is 1.80 bits per heavy atom. The molecule has 0 saturated carbocycles. The van der Waals surface area contributed by atoms with Gasteiger partial charge in [0.05, 0.1) is 18.4 Å². The van der Waals surface area contributed by atoms with Crippen molar-refractivity contribution in [3.8, 4) is 11.5 Å². The highest BCUT2D eigenvalue weighted by molar-refractivity contribution is 5.90. The fourth-order valence-electron chi connectivity index (χ4n) is 1.77. The summed E-state index contributed by atoms with van der Waals surface area (Å²) in [5.74, 6) is 0.702. The molecule has 4 nitrogen and oxygen atoms in total. The molecule has 20 heavy (non-hydrogen) atoms. The van der Waals surface area contributed by atoms with Gasteiger partial charge < -0.3 is 15.2 Å². The van der Waals surface area contributed by atoms with Gasteiger partial charge in [-0.2, -0.15) is 0 Å². The van der Waals surface area contributed by atoms with Gasteiger partial charge in [-0.1, -0.05) is 6.07 Å². The molecule has 0 radical (unpaired) electrons. The molecule has 2 aromatic carbocycles. The zero-order chi connectivity index (χ0) is 14.7. The Morgan fingerprint density at radius 1 is 1.05 bits per heavy atom. The molecule has 0 heterocycles. The van der Waals surface area contributed by atoms with Gasteiger partial charge in [0, 0.05) is 0 Å². The number of hydrogen-bond acceptors (Lipinski definition) is 4. The van der Waals surface area contributed by atoms with Gasteiger partial charge in [-0.05, 0) is 55.3 Å². The molecule has 2 aromatic rings. The van der Waals surface area contributed by atoms with Crippen molar-refractivity contribution in [2.75, 3.05) is 12.8 Å². The molecule has 0 aliphatic carbocycles. The van der Waals surface area contributed by atoms with Gasteiger partial charge in [-0.25, -0.2) is 4.79 Å². The van der Waals surface area contributed by atoms with Crippen molar-refractivity contribution in [1.82, 2.24) is 0 Å². The minimum absolute atomic E-state index is 0.403. The normalized spacial score (nSPS) is 10.2. The van der Waals surface area contributed by atoms with Gasteiger partial charge in [0.25, 0.3) is 0 Å². The van der Waals surface area contributed by atoms with Crippen LogP contribution in [0.2, 0.25) is 0 Å². The van der Waals surface area contributed by atoms with E-state index in [0.717, 1.165) is 5.56 Å². The van der Waals surface area contributed by atoms with Crippen molar-refractivity contribution < 1.29 is 14.3 Å². The number of nitrogens with two attached hydrogens (primary N) is 1. The predicted molar refractivity (Wildman–Crippen MR) is 78.2 cm³/mol. The van der Waals surface area contributed by atoms with Crippen LogP contribution in [0.5, 0.6) is 11.5 Å². The Bertz CT molecular complexity index is 650. The van der Waals surface area contributed by atoms with E-state index in [9.17, 15) is 4.79 Å². The van der Waals surface area contributed by atoms with Crippen LogP contribution >= 0.6 is 0 Å². The van der Waals surface area contributed by atoms with E-state index in [1.54, 1.807) is 18.2 Å². The summed E-state index contributed by atoms with van der Waals surface area (Å²) in [5.41, 5.74) is 9.06. The summed E-state index contributed by atoms with van der Waals surface area (Å²) in [7, 11) is 1.34. The molecule has 0 aliphatic heterocycles. The molecule has 0 aliphatic rings. The highest BCUT2D eigenvalue weighted by atomic mass is 16.5. The summed E-state index contributed by atoms with van der Waals surface area (Å²) in [5, 5.41) is 0. The van der Waals surface area contributed by atoms with Gasteiger partial charge >= 0.3 is 5.97 Å². The van der Waals surface area contributed by atoms with Crippen LogP contribution in [0.1, 0.15) is 21.5 Å². The lowest BCUT2D eigenvalue weighted by molar-refractivity contribution is 0.0600. The Labute approximate surface area is 118 Å². The molecular formula is C16H17NO3. The molecule has 0 amide bonds. The van der Waals surface area contributed by atoms with Gasteiger partial charge in [0.2, 0.25) is 0 Å². The number of rotatable bonds is 3. The van der Waals surface area contributed by atoms with Gasteiger partial charge in [-0.3, -0.25) is 0 Å². The number of ether oxygens (including phenoxy) is 2. The maximum atomic E-state index is 11.5. The Hall–Kier alpha value is -2.49. The van der Waals surface area contributed by atoms with Crippen molar-refractivity contribution in [2.45, 2.75) is 13.8 Å². The zero-order valence-corrected chi connectivity index (χ0v) is 11.8. The SMILES string of the molecule is COC(=O)c1ccc(N)c(Oc2ccc(C)c(C)c2)c1. The first-order valence-electron chi connectivity index (χ1n) is 6.24. The number of benzene rings is 2. The average Bonchev–Trinajstić information content (AvgIpc) is 2.44. The largest absolute Gasteiger partial charge is 0.465 e. The quantitative estimate of drug-likeness (QED) is 0.686. The molecule has 0 atom stereocenters. The third-order valence-corrected chi connectivity index (χ3v) is 3.14. The second kappa shape index (κ2) is 5.65. The van der Waals surface area contributed by atoms with E-state index in [2.05, 4.69) is 4.74 Å². The van der Waals surface area contributed by atoms with Crippen LogP contribution in [-0.4, -0.2) is 13.1 Å². The molecule has 2 N–H and O–H groups in total. The highest BCUT2D eigenvalue weighted by Gasteiger charge is 2.10. The summed E-state index contributed by atoms with van der Waals surface area (Å²) in [6, 6.07) is 10.6. The lowest BCUT2D eigenvalue weighted by Crippen LogP contribution is -2.02. The van der Waals surface area contributed by atoms with Crippen molar-refractivity contribution in [1.29, 1.82) is 0 Å². The Kier molecular flexibility index (Phi) is 3.94. The summed E-state index contributed by atoms with van der Waals surface area (Å²) in [6.07, 6.45) is 0. The molecular weight excluding hydrogens is 254 g/mol. The van der Waals surface area contributed by atoms with E-state index in [1.807, 2.05) is 32.0 Å². The van der Waals surface area contributed by atoms with Crippen LogP contribution in [0.3, 0.4) is 0 Å². The molecule has 104 valence electrons. The van der Waals surface area contributed by atoms with E-state index in [1.165, 1.54) is 12.7 Å². The monoisotopic (exact) mass is 271 g/mol. The third-order valence-electron chi connectivity index (χ3n) is 3.14. The van der Waals surface area contributed by atoms with Crippen molar-refractivity contribution in [2.24, 2.45) is 0 Å². The molecule has 4 heteroatoms. The second-order valence-corrected chi connectivity index (χ2v) is 4.59. The van der Waals surface area contributed by atoms with Crippen LogP contribution in [0.25, 0.3) is 0 Å². The van der Waals surface area contributed by atoms with E-state index in [-0.39, 0.29) is 0 Å². The Morgan fingerprint density at radius 3 is 2.45 bits per heavy atom. The molecule has 0 saturated heterocycles. The number of carbonyl (C=O) groups is 1. The molecule has 0 fully saturated rings. The number of anilines is 1. The van der Waals surface area contributed by atoms with Gasteiger partial charge in [-0.15, -0.1) is 0 Å². The smallest absolute Gasteiger partial charge is 0.337 e. The minimum Gasteiger partial charge on any atom is -0.465 e. The van der Waals surface area contributed by atoms with Gasteiger partial charge in [0.1, 0.15) is 5.75 Å². The number of methoxy groups -OCH3 is 1. The summed E-state index contributed by atoms with van der Waals surface area (Å²) in [4.78, 5) is 11.5. The topological polar surface area (TPSA) is 61.5 Å². The number of esters is 1. The first kappa shape index (κ1) is 13.9. The van der Waals surface area contributed by atoms with Gasteiger partial charge in [0.15, 0.2) is 5.75 Å². The van der Waals surface area contributed by atoms with Crippen LogP contribution in [0.4, 0.5) is 5.69 Å². The maximum Gasteiger partial charge on any atom is 0.337 e. The number of nitrogen functional groups attached to an aromatic ring is 1. The second-order valence-electron chi connectivity index (χ2n) is 4.59. The lowest BCUT2D eigenvalue weighted by Gasteiger charge is -2.11. The number of hydrogen-bond donors (Lipinski definition) is 1. The molecule has 0 aromatic heterocycles. The van der Waals surface area contributed by atoms with E-state index in [4.69, 9.17) is 10.5 Å². The third kappa shape index (κ3) is 2.91. The fraction of sp³-hybridized carbons (Fsp3) is 0.188. The first-order chi connectivity index (χ1) is 9.51. The van der Waals surface area contributed by atoms with E-state index >= 15 is 0 Å². The average molecular weight is 271 g/mol. The first-order valence-corrected chi connectivity index (χ1v) is 6.24. The van der Waals surface area contributed by atoms with Crippen LogP contribution in [0, 0.1) is 13.8 Å². The lowest BCUT2D eigenvalue weighted by atomic mass is 10.1. The molecule has 0 bridgehead atoms. The summed E-state index contributed by atoms with van der Waals surface area (Å²) in [6.45, 7) is 4.04. The summed E-state index contributed by atoms with van der Waals surface area (Å²) >= 11 is 0. The van der Waals surface area contributed by atoms with Crippen LogP contribution in [0.15, 0.2) is 36.4 Å². The van der Waals surface area contributed by atoms with Crippen molar-refractivity contribution in [3.05, 3.63) is 53.1 Å². The zero-order valence-electron chi connectivity index (χ0n) is 11.8. The van der Waals surface area contributed by atoms with E-state index < -0.39 is 5.97 Å². The molecule has 0 spiro atoms. The number of carbonyl (C=O) groups excluding carboxylic acids is 1.